The molecule has 0 bridgehead atoms. The summed E-state index contributed by atoms with van der Waals surface area (Å²) in [6.07, 6.45) is 12.4. The molecule has 0 saturated heterocycles. The number of carbonyl (C=O) groups excluding carboxylic acids is 1. The van der Waals surface area contributed by atoms with E-state index in [4.69, 9.17) is 0 Å². The van der Waals surface area contributed by atoms with Crippen LogP contribution in [0.5, 0.6) is 0 Å². The molecule has 20 nitrogen and oxygen atoms in total. The number of nitrogens with one attached hydrogen (secondary N) is 6. The number of aliphatic hydroxyl groups excluding tert-OH is 2. The second kappa shape index (κ2) is 26.9. The van der Waals surface area contributed by atoms with E-state index in [1.807, 2.05) is 62.8 Å². The molecule has 0 aliphatic heterocycles. The van der Waals surface area contributed by atoms with E-state index >= 15 is 0 Å². The van der Waals surface area contributed by atoms with Crippen molar-refractivity contribution in [3.05, 3.63) is 154 Å². The number of ketones is 1. The van der Waals surface area contributed by atoms with Crippen molar-refractivity contribution in [3.63, 3.8) is 0 Å². The molecule has 0 unspecified atom stereocenters. The molecule has 436 valence electrons. The average Bonchev–Trinajstić information content (AvgIpc) is 2.87. The zero-order chi connectivity index (χ0) is 60.2. The fourth-order valence-electron chi connectivity index (χ4n) is 10.2. The van der Waals surface area contributed by atoms with E-state index in [0.29, 0.717) is 102 Å². The molecule has 4 aromatic heterocycles. The lowest BCUT2D eigenvalue weighted by molar-refractivity contribution is -0.0512. The molecule has 0 radical (unpaired) electrons. The Morgan fingerprint density at radius 1 is 0.595 bits per heavy atom. The Morgan fingerprint density at radius 3 is 1.42 bits per heavy atom. The molecule has 0 amide bonds. The van der Waals surface area contributed by atoms with Crippen LogP contribution < -0.4 is 31.9 Å². The van der Waals surface area contributed by atoms with Crippen molar-refractivity contribution in [2.45, 2.75) is 131 Å². The Balaban J connectivity index is 0.000000165. The van der Waals surface area contributed by atoms with E-state index in [2.05, 4.69) is 161 Å². The number of carbonyl (C=O) groups is 1. The van der Waals surface area contributed by atoms with Crippen molar-refractivity contribution in [2.75, 3.05) is 51.5 Å². The second-order valence-corrected chi connectivity index (χ2v) is 23.8. The third kappa shape index (κ3) is 15.0. The highest BCUT2D eigenvalue weighted by Crippen LogP contribution is 2.47. The number of rotatable bonds is 20. The maximum atomic E-state index is 11.5. The third-order valence-electron chi connectivity index (χ3n) is 17.1. The van der Waals surface area contributed by atoms with Crippen LogP contribution in [0.25, 0.3) is 5.69 Å². The first-order chi connectivity index (χ1) is 40.2. The molecule has 20 heteroatoms. The van der Waals surface area contributed by atoms with Crippen LogP contribution in [-0.4, -0.2) is 106 Å². The molecule has 7 aromatic rings. The summed E-state index contributed by atoms with van der Waals surface area (Å²) >= 11 is 0. The van der Waals surface area contributed by atoms with Crippen LogP contribution in [-0.2, 0) is 19.3 Å². The van der Waals surface area contributed by atoms with Gasteiger partial charge in [-0.3, -0.25) is 4.79 Å². The van der Waals surface area contributed by atoms with E-state index in [-0.39, 0.29) is 46.3 Å². The van der Waals surface area contributed by atoms with Crippen molar-refractivity contribution >= 4 is 41.1 Å². The molecule has 3 fully saturated rings. The number of aliphatic hydroxyl groups is 2. The van der Waals surface area contributed by atoms with Gasteiger partial charge in [-0.15, -0.1) is 0 Å². The summed E-state index contributed by atoms with van der Waals surface area (Å²) in [5.74, 6) is 3.77. The molecule has 10 rings (SSSR count). The Labute approximate surface area is 492 Å². The first-order valence-electron chi connectivity index (χ1n) is 28.6. The summed E-state index contributed by atoms with van der Waals surface area (Å²) in [6.45, 7) is 20.4. The predicted octanol–water partition coefficient (Wildman–Crippen LogP) is 9.69. The van der Waals surface area contributed by atoms with Gasteiger partial charge in [0.1, 0.15) is 52.4 Å². The maximum Gasteiger partial charge on any atom is 0.224 e. The van der Waals surface area contributed by atoms with Crippen molar-refractivity contribution in [2.24, 2.45) is 22.2 Å². The number of Topliss-reactive ketones (excluding diaryl/α,β-unsaturated/α-hetero) is 1. The normalized spacial score (nSPS) is 20.0. The molecule has 3 aromatic carbocycles. The summed E-state index contributed by atoms with van der Waals surface area (Å²) < 4.78 is 1.84. The van der Waals surface area contributed by atoms with Crippen LogP contribution in [0.2, 0.25) is 0 Å². The number of aryl methyl sites for hydroxylation is 1. The number of nitrogens with zero attached hydrogens (tertiary/aromatic N) is 11. The van der Waals surface area contributed by atoms with Crippen molar-refractivity contribution in [3.8, 4) is 23.9 Å². The Kier molecular flexibility index (Phi) is 19.6. The molecule has 3 saturated carbocycles. The lowest BCUT2D eigenvalue weighted by Gasteiger charge is -2.51. The van der Waals surface area contributed by atoms with Gasteiger partial charge in [-0.1, -0.05) is 109 Å². The van der Waals surface area contributed by atoms with Crippen LogP contribution >= 0.6 is 0 Å². The van der Waals surface area contributed by atoms with Gasteiger partial charge in [0.2, 0.25) is 17.8 Å². The van der Waals surface area contributed by atoms with Crippen LogP contribution in [0.4, 0.5) is 35.3 Å². The third-order valence-corrected chi connectivity index (χ3v) is 17.1. The number of hydrogen-bond acceptors (Lipinski definition) is 19. The molecule has 84 heavy (non-hydrogen) atoms. The highest BCUT2D eigenvalue weighted by atomic mass is 16.3. The lowest BCUT2D eigenvalue weighted by Crippen LogP contribution is -2.57. The zero-order valence-electron chi connectivity index (χ0n) is 49.4. The molecule has 0 spiro atoms. The maximum absolute atomic E-state index is 11.5. The van der Waals surface area contributed by atoms with Crippen molar-refractivity contribution in [1.29, 1.82) is 15.8 Å². The van der Waals surface area contributed by atoms with Gasteiger partial charge in [0.25, 0.3) is 0 Å². The lowest BCUT2D eigenvalue weighted by atomic mass is 9.59. The molecule has 6 atom stereocenters. The second-order valence-electron chi connectivity index (χ2n) is 23.8. The van der Waals surface area contributed by atoms with Crippen LogP contribution in [0.15, 0.2) is 110 Å². The highest BCUT2D eigenvalue weighted by molar-refractivity contribution is 5.94. The first kappa shape index (κ1) is 61.1. The largest absolute Gasteiger partial charge is 0.392 e. The summed E-state index contributed by atoms with van der Waals surface area (Å²) in [4.78, 5) is 37.7. The minimum Gasteiger partial charge on any atom is -0.392 e. The molecular weight excluding hydrogens is 1050 g/mol. The number of aromatic nitrogens is 8. The van der Waals surface area contributed by atoms with E-state index in [1.165, 1.54) is 29.1 Å². The van der Waals surface area contributed by atoms with Gasteiger partial charge in [-0.2, -0.15) is 35.8 Å². The fourth-order valence-corrected chi connectivity index (χ4v) is 10.2. The standard InChI is InChI=1S/C23H27N7.C21H25N5O2.C20H25N5O/c1-16-13-20(23(16,2)3)28-21-18(14-24)15-26-22(29-21)25-11-9-17-5-7-19(8-6-17)30-12-4-10-27-30;1-13(27)15-6-4-5-14(9-15)7-8-23-20-24-12-16(11-22)19(26-20)25-17-10-18(28)21(17,2)3;1-13-5-4-6-14(9-13)7-8-22-19-23-12-15(11-21)18(25-19)24-16-10-17(26)20(16,2)3/h4-8,10,12,15-16,20H,9,11,13H2,1-3H3,(H2,25,26,28,29);4-6,9,12,17-18,28H,7-8,10H2,1-3H3,(H2,23,24,25,26);4-6,9,12,16-17,26H,7-8,10H2,1-3H3,(H2,22,23,24,25)/t16-,20+;17-,18+;16-,17+/m011/s1. The van der Waals surface area contributed by atoms with Crippen LogP contribution in [0, 0.1) is 63.1 Å². The van der Waals surface area contributed by atoms with Gasteiger partial charge in [0.05, 0.1) is 36.5 Å². The summed E-state index contributed by atoms with van der Waals surface area (Å²) in [7, 11) is 0. The number of hydrogen-bond donors (Lipinski definition) is 8. The predicted molar refractivity (Wildman–Crippen MR) is 327 cm³/mol. The van der Waals surface area contributed by atoms with Gasteiger partial charge in [0, 0.05) is 66.5 Å². The Hall–Kier alpha value is -9.03. The molecular formula is C64H77N17O3. The molecule has 8 N–H and O–H groups in total. The van der Waals surface area contributed by atoms with Gasteiger partial charge in [-0.05, 0) is 105 Å². The quantitative estimate of drug-likeness (QED) is 0.0329. The minimum atomic E-state index is -0.360. The van der Waals surface area contributed by atoms with E-state index < -0.39 is 0 Å². The van der Waals surface area contributed by atoms with Crippen LogP contribution in [0.3, 0.4) is 0 Å². The summed E-state index contributed by atoms with van der Waals surface area (Å²) in [5.41, 5.74) is 7.45. The average molecular weight is 1130 g/mol. The summed E-state index contributed by atoms with van der Waals surface area (Å²) in [5, 5.41) is 71.8. The number of anilines is 6. The highest BCUT2D eigenvalue weighted by Gasteiger charge is 2.49. The van der Waals surface area contributed by atoms with E-state index in [1.54, 1.807) is 25.4 Å². The first-order valence-corrected chi connectivity index (χ1v) is 28.6. The molecule has 4 heterocycles. The van der Waals surface area contributed by atoms with E-state index in [9.17, 15) is 30.8 Å². The van der Waals surface area contributed by atoms with Gasteiger partial charge < -0.3 is 42.1 Å². The van der Waals surface area contributed by atoms with E-state index in [0.717, 1.165) is 36.9 Å². The smallest absolute Gasteiger partial charge is 0.224 e. The molecule has 3 aliphatic carbocycles. The SMILES string of the molecule is CC(=O)c1cccc(CCNc2ncc(C#N)c(N[C@@H]3C[C@H](O)C3(C)C)n2)c1.C[C@H]1C[C@@H](Nc2nc(NCCc3ccc(-n4cccn4)cc3)ncc2C#N)C1(C)C.Cc1cccc(CCNc2ncc(C#N)c(N[C@@H]3C[C@H](O)C3(C)C)n2)c1. The topological polar surface area (TPSA) is 296 Å². The van der Waals surface area contributed by atoms with Crippen molar-refractivity contribution in [1.82, 2.24) is 39.7 Å². The fraction of sp³-hybridized carbons (Fsp3) is 0.422. The minimum absolute atomic E-state index is 0.0463. The van der Waals surface area contributed by atoms with Gasteiger partial charge >= 0.3 is 0 Å². The number of nitriles is 3. The van der Waals surface area contributed by atoms with Crippen LogP contribution in [0.1, 0.15) is 124 Å². The zero-order valence-corrected chi connectivity index (χ0v) is 49.4. The number of benzene rings is 3. The Bertz CT molecular complexity index is 3510. The molecule has 3 aliphatic rings. The monoisotopic (exact) mass is 1130 g/mol. The van der Waals surface area contributed by atoms with Gasteiger partial charge in [-0.25, -0.2) is 19.6 Å². The van der Waals surface area contributed by atoms with Crippen molar-refractivity contribution < 1.29 is 15.0 Å². The Morgan fingerprint density at radius 2 is 1.04 bits per heavy atom. The van der Waals surface area contributed by atoms with Gasteiger partial charge in [0.15, 0.2) is 5.78 Å². The summed E-state index contributed by atoms with van der Waals surface area (Å²) in [6, 6.07) is 33.0.